The maximum Gasteiger partial charge on any atom is 0.320 e. The zero-order valence-electron chi connectivity index (χ0n) is 18.3. The van der Waals surface area contributed by atoms with Gasteiger partial charge in [0.1, 0.15) is 6.20 Å². The van der Waals surface area contributed by atoms with E-state index in [9.17, 15) is 14.9 Å². The molecule has 0 spiro atoms. The van der Waals surface area contributed by atoms with Crippen LogP contribution in [0.1, 0.15) is 21.6 Å². The summed E-state index contributed by atoms with van der Waals surface area (Å²) in [6.45, 7) is 0.277. The van der Waals surface area contributed by atoms with Crippen molar-refractivity contribution in [1.29, 1.82) is 0 Å². The summed E-state index contributed by atoms with van der Waals surface area (Å²) in [5.41, 5.74) is 3.43. The molecule has 0 bridgehead atoms. The first-order valence-corrected chi connectivity index (χ1v) is 11.5. The number of nitro groups is 1. The number of carbonyl (C=O) groups excluding carboxylic acids is 1. The van der Waals surface area contributed by atoms with Gasteiger partial charge in [-0.2, -0.15) is 10.2 Å². The minimum Gasteiger partial charge on any atom is -0.265 e. The van der Waals surface area contributed by atoms with Gasteiger partial charge >= 0.3 is 5.69 Å². The molecule has 1 N–H and O–H groups in total. The molecule has 4 aromatic carbocycles. The Morgan fingerprint density at radius 1 is 1.03 bits per heavy atom. The Bertz CT molecular complexity index is 1570. The molecule has 0 saturated carbocycles. The molecule has 0 aliphatic carbocycles. The van der Waals surface area contributed by atoms with E-state index in [0.717, 1.165) is 37.1 Å². The number of fused-ring (bicyclic) bond motifs is 2. The predicted octanol–water partition coefficient (Wildman–Crippen LogP) is 5.67. The Kier molecular flexibility index (Phi) is 6.07. The Hall–Kier alpha value is -4.37. The molecule has 5 aromatic rings. The van der Waals surface area contributed by atoms with E-state index >= 15 is 0 Å². The SMILES string of the molecule is O=C(NN=Cc1c2ccccc2cc2ccccc12)c1nn(Cc2cccc(Br)c2)cc1[N+](=O)[O-]. The number of hydrazone groups is 1. The topological polar surface area (TPSA) is 102 Å². The van der Waals surface area contributed by atoms with Crippen LogP contribution in [0.5, 0.6) is 0 Å². The van der Waals surface area contributed by atoms with Crippen molar-refractivity contribution in [2.45, 2.75) is 6.54 Å². The standard InChI is InChI=1S/C26H18BrN5O3/c27-20-9-5-6-17(12-20)15-31-16-24(32(34)35)25(30-31)26(33)29-28-14-23-21-10-3-1-7-18(21)13-19-8-2-4-11-22(19)23/h1-14,16H,15H2,(H,29,33). The molecule has 0 aliphatic rings. The number of nitrogens with zero attached hydrogens (tertiary/aromatic N) is 4. The van der Waals surface area contributed by atoms with Crippen LogP contribution in [-0.2, 0) is 6.54 Å². The van der Waals surface area contributed by atoms with Gasteiger partial charge in [-0.15, -0.1) is 0 Å². The van der Waals surface area contributed by atoms with Crippen molar-refractivity contribution in [2.24, 2.45) is 5.10 Å². The quantitative estimate of drug-likeness (QED) is 0.133. The zero-order valence-corrected chi connectivity index (χ0v) is 19.8. The van der Waals surface area contributed by atoms with Crippen LogP contribution in [0.2, 0.25) is 0 Å². The molecule has 1 amide bonds. The Balaban J connectivity index is 1.43. The number of benzene rings is 4. The van der Waals surface area contributed by atoms with Gasteiger partial charge in [0.15, 0.2) is 0 Å². The molecule has 0 unspecified atom stereocenters. The highest BCUT2D eigenvalue weighted by Gasteiger charge is 2.25. The van der Waals surface area contributed by atoms with Crippen LogP contribution in [0, 0.1) is 10.1 Å². The van der Waals surface area contributed by atoms with E-state index in [-0.39, 0.29) is 17.9 Å². The van der Waals surface area contributed by atoms with E-state index in [1.54, 1.807) is 6.21 Å². The summed E-state index contributed by atoms with van der Waals surface area (Å²) >= 11 is 3.40. The first-order chi connectivity index (χ1) is 17.0. The van der Waals surface area contributed by atoms with Gasteiger partial charge in [-0.3, -0.25) is 19.6 Å². The molecular weight excluding hydrogens is 510 g/mol. The Labute approximate surface area is 208 Å². The maximum atomic E-state index is 12.8. The van der Waals surface area contributed by atoms with E-state index in [0.29, 0.717) is 0 Å². The third-order valence-electron chi connectivity index (χ3n) is 5.56. The molecule has 0 saturated heterocycles. The fourth-order valence-electron chi connectivity index (χ4n) is 4.01. The van der Waals surface area contributed by atoms with Crippen molar-refractivity contribution in [3.05, 3.63) is 116 Å². The summed E-state index contributed by atoms with van der Waals surface area (Å²) in [6, 6.07) is 25.4. The Morgan fingerprint density at radius 2 is 1.71 bits per heavy atom. The fraction of sp³-hybridized carbons (Fsp3) is 0.0385. The third kappa shape index (κ3) is 4.67. The average Bonchev–Trinajstić information content (AvgIpc) is 3.28. The summed E-state index contributed by atoms with van der Waals surface area (Å²) in [5, 5.41) is 23.9. The second-order valence-corrected chi connectivity index (χ2v) is 8.79. The summed E-state index contributed by atoms with van der Waals surface area (Å²) < 4.78 is 2.25. The van der Waals surface area contributed by atoms with E-state index in [1.807, 2.05) is 72.8 Å². The van der Waals surface area contributed by atoms with E-state index in [4.69, 9.17) is 0 Å². The van der Waals surface area contributed by atoms with Gasteiger partial charge < -0.3 is 0 Å². The minimum absolute atomic E-state index is 0.277. The van der Waals surface area contributed by atoms with Gasteiger partial charge in [-0.05, 0) is 45.3 Å². The molecule has 0 aliphatic heterocycles. The zero-order chi connectivity index (χ0) is 24.4. The molecule has 9 heteroatoms. The lowest BCUT2D eigenvalue weighted by atomic mass is 9.97. The molecule has 5 rings (SSSR count). The van der Waals surface area contributed by atoms with Crippen LogP contribution < -0.4 is 5.43 Å². The van der Waals surface area contributed by atoms with Crippen molar-refractivity contribution in [3.8, 4) is 0 Å². The first kappa shape index (κ1) is 22.4. The summed E-state index contributed by atoms with van der Waals surface area (Å²) in [4.78, 5) is 23.7. The van der Waals surface area contributed by atoms with Crippen LogP contribution in [0.3, 0.4) is 0 Å². The number of hydrogen-bond donors (Lipinski definition) is 1. The van der Waals surface area contributed by atoms with Crippen molar-refractivity contribution < 1.29 is 9.72 Å². The lowest BCUT2D eigenvalue weighted by Crippen LogP contribution is -2.20. The second kappa shape index (κ2) is 9.47. The molecule has 0 fully saturated rings. The first-order valence-electron chi connectivity index (χ1n) is 10.7. The normalized spacial score (nSPS) is 11.3. The van der Waals surface area contributed by atoms with Crippen molar-refractivity contribution in [3.63, 3.8) is 0 Å². The van der Waals surface area contributed by atoms with Crippen LogP contribution in [-0.4, -0.2) is 26.8 Å². The van der Waals surface area contributed by atoms with E-state index < -0.39 is 10.8 Å². The fourth-order valence-corrected chi connectivity index (χ4v) is 4.45. The number of nitrogens with one attached hydrogen (secondary N) is 1. The molecule has 35 heavy (non-hydrogen) atoms. The smallest absolute Gasteiger partial charge is 0.265 e. The van der Waals surface area contributed by atoms with Gasteiger partial charge in [0.05, 0.1) is 17.7 Å². The molecule has 0 atom stereocenters. The molecule has 0 radical (unpaired) electrons. The largest absolute Gasteiger partial charge is 0.320 e. The average molecular weight is 528 g/mol. The number of rotatable bonds is 6. The van der Waals surface area contributed by atoms with Gasteiger partial charge in [0.2, 0.25) is 5.69 Å². The molecular formula is C26H18BrN5O3. The van der Waals surface area contributed by atoms with Gasteiger partial charge in [0, 0.05) is 10.0 Å². The number of aromatic nitrogens is 2. The molecule has 1 heterocycles. The number of hydrogen-bond acceptors (Lipinski definition) is 5. The molecule has 1 aromatic heterocycles. The molecule has 172 valence electrons. The van der Waals surface area contributed by atoms with Crippen molar-refractivity contribution in [2.75, 3.05) is 0 Å². The van der Waals surface area contributed by atoms with E-state index in [2.05, 4.69) is 37.6 Å². The third-order valence-corrected chi connectivity index (χ3v) is 6.05. The highest BCUT2D eigenvalue weighted by atomic mass is 79.9. The highest BCUT2D eigenvalue weighted by molar-refractivity contribution is 9.10. The molecule has 8 nitrogen and oxygen atoms in total. The minimum atomic E-state index is -0.759. The van der Waals surface area contributed by atoms with Gasteiger partial charge in [-0.1, -0.05) is 76.6 Å². The maximum absolute atomic E-state index is 12.8. The van der Waals surface area contributed by atoms with Crippen molar-refractivity contribution >= 4 is 55.3 Å². The number of halogens is 1. The van der Waals surface area contributed by atoms with Gasteiger partial charge in [-0.25, -0.2) is 5.43 Å². The lowest BCUT2D eigenvalue weighted by molar-refractivity contribution is -0.385. The summed E-state index contributed by atoms with van der Waals surface area (Å²) in [7, 11) is 0. The monoisotopic (exact) mass is 527 g/mol. The van der Waals surface area contributed by atoms with Gasteiger partial charge in [0.25, 0.3) is 5.91 Å². The van der Waals surface area contributed by atoms with Crippen LogP contribution in [0.25, 0.3) is 21.5 Å². The van der Waals surface area contributed by atoms with Crippen LogP contribution in [0.4, 0.5) is 5.69 Å². The predicted molar refractivity (Wildman–Crippen MR) is 139 cm³/mol. The summed E-state index contributed by atoms with van der Waals surface area (Å²) in [6.07, 6.45) is 2.81. The number of amides is 1. The van der Waals surface area contributed by atoms with E-state index in [1.165, 1.54) is 10.9 Å². The highest BCUT2D eigenvalue weighted by Crippen LogP contribution is 2.27. The Morgan fingerprint density at radius 3 is 2.37 bits per heavy atom. The van der Waals surface area contributed by atoms with Crippen molar-refractivity contribution in [1.82, 2.24) is 15.2 Å². The lowest BCUT2D eigenvalue weighted by Gasteiger charge is -2.07. The number of carbonyl (C=O) groups is 1. The van der Waals surface area contributed by atoms with Crippen LogP contribution >= 0.6 is 15.9 Å². The second-order valence-electron chi connectivity index (χ2n) is 7.88. The van der Waals surface area contributed by atoms with Crippen LogP contribution in [0.15, 0.2) is 94.6 Å². The summed E-state index contributed by atoms with van der Waals surface area (Å²) in [5.74, 6) is -0.759.